The molecule has 0 aromatic heterocycles. The Morgan fingerprint density at radius 2 is 1.15 bits per heavy atom. The summed E-state index contributed by atoms with van der Waals surface area (Å²) in [5, 5.41) is 15.3. The molecule has 176 valence electrons. The summed E-state index contributed by atoms with van der Waals surface area (Å²) < 4.78 is 0. The van der Waals surface area contributed by atoms with Gasteiger partial charge < -0.3 is 5.11 Å². The van der Waals surface area contributed by atoms with Crippen molar-refractivity contribution in [2.75, 3.05) is 0 Å². The van der Waals surface area contributed by atoms with Crippen LogP contribution in [0.5, 0.6) is 0 Å². The number of hydrogen-bond donors (Lipinski definition) is 1. The summed E-state index contributed by atoms with van der Waals surface area (Å²) in [6.45, 7) is 2.29. The first-order valence-electron chi connectivity index (χ1n) is 12.4. The van der Waals surface area contributed by atoms with Gasteiger partial charge in [-0.15, -0.1) is 0 Å². The average molecular weight is 500 g/mol. The van der Waals surface area contributed by atoms with Gasteiger partial charge in [-0.05, 0) is 47.7 Å². The zero-order chi connectivity index (χ0) is 22.2. The van der Waals surface area contributed by atoms with Gasteiger partial charge in [0.05, 0.1) is 6.10 Å². The van der Waals surface area contributed by atoms with Crippen LogP contribution in [-0.2, 0) is 17.1 Å². The monoisotopic (exact) mass is 500 g/mol. The van der Waals surface area contributed by atoms with Gasteiger partial charge in [0.1, 0.15) is 0 Å². The van der Waals surface area contributed by atoms with Gasteiger partial charge in [-0.25, -0.2) is 0 Å². The fourth-order valence-corrected chi connectivity index (χ4v) is 7.78. The Hall–Kier alpha value is -1.43. The molecule has 0 heterocycles. The minimum Gasteiger partial charge on any atom is -0.388 e. The molecule has 3 aromatic rings. The third-order valence-corrected chi connectivity index (χ3v) is 9.63. The van der Waals surface area contributed by atoms with Crippen molar-refractivity contribution in [2.24, 2.45) is 11.8 Å². The van der Waals surface area contributed by atoms with Crippen LogP contribution in [0.3, 0.4) is 0 Å². The van der Waals surface area contributed by atoms with Crippen LogP contribution >= 0.6 is 7.92 Å². The third kappa shape index (κ3) is 6.80. The maximum Gasteiger partial charge on any atom is 0.0827 e. The summed E-state index contributed by atoms with van der Waals surface area (Å²) in [5.74, 6) is 0.960. The van der Waals surface area contributed by atoms with Gasteiger partial charge in [-0.1, -0.05) is 137 Å². The van der Waals surface area contributed by atoms with Gasteiger partial charge in [-0.3, -0.25) is 0 Å². The average Bonchev–Trinajstić information content (AvgIpc) is 3.56. The quantitative estimate of drug-likeness (QED) is 0.300. The molecule has 0 aliphatic heterocycles. The Morgan fingerprint density at radius 1 is 0.667 bits per heavy atom. The summed E-state index contributed by atoms with van der Waals surface area (Å²) in [6, 6.07) is 30.1. The van der Waals surface area contributed by atoms with Gasteiger partial charge in [-0.2, -0.15) is 0 Å². The van der Waals surface area contributed by atoms with Crippen molar-refractivity contribution in [2.45, 2.75) is 64.4 Å². The minimum atomic E-state index is -0.688. The van der Waals surface area contributed by atoms with E-state index in [1.165, 1.54) is 60.9 Å². The van der Waals surface area contributed by atoms with Crippen molar-refractivity contribution in [3.05, 3.63) is 90.5 Å². The molecule has 3 heteroatoms. The molecular weight excluding hydrogens is 463 g/mol. The molecule has 0 bridgehead atoms. The molecule has 33 heavy (non-hydrogen) atoms. The number of rotatable bonds is 5. The van der Waals surface area contributed by atoms with Crippen LogP contribution in [0.4, 0.5) is 0 Å². The summed E-state index contributed by atoms with van der Waals surface area (Å²) in [6.07, 6.45) is 10.7. The van der Waals surface area contributed by atoms with Gasteiger partial charge in [0.25, 0.3) is 0 Å². The summed E-state index contributed by atoms with van der Waals surface area (Å²) in [5.41, 5.74) is 1.12. The van der Waals surface area contributed by atoms with Crippen LogP contribution in [-0.4, -0.2) is 5.11 Å². The Bertz CT molecular complexity index is 895. The van der Waals surface area contributed by atoms with Gasteiger partial charge in [0, 0.05) is 17.1 Å². The first-order chi connectivity index (χ1) is 15.8. The van der Waals surface area contributed by atoms with E-state index in [4.69, 9.17) is 0 Å². The van der Waals surface area contributed by atoms with Crippen molar-refractivity contribution in [3.8, 4) is 0 Å². The topological polar surface area (TPSA) is 20.2 Å². The zero-order valence-electron chi connectivity index (χ0n) is 19.7. The van der Waals surface area contributed by atoms with E-state index in [0.29, 0.717) is 11.8 Å². The van der Waals surface area contributed by atoms with E-state index in [-0.39, 0.29) is 23.2 Å². The second-order valence-corrected chi connectivity index (χ2v) is 11.5. The van der Waals surface area contributed by atoms with Crippen molar-refractivity contribution in [1.29, 1.82) is 0 Å². The second-order valence-electron chi connectivity index (χ2n) is 9.35. The molecule has 0 spiro atoms. The van der Waals surface area contributed by atoms with E-state index in [1.54, 1.807) is 0 Å². The molecule has 0 saturated heterocycles. The SMILES string of the molecule is C1CCCC1.CC1CCCC1[C@@H](O)c1ccccc1P(c1ccccc1)c1ccccc1.[Fe]. The van der Waals surface area contributed by atoms with Crippen molar-refractivity contribution >= 4 is 23.8 Å². The van der Waals surface area contributed by atoms with Crippen molar-refractivity contribution < 1.29 is 22.2 Å². The molecule has 2 fully saturated rings. The number of hydrogen-bond acceptors (Lipinski definition) is 1. The van der Waals surface area contributed by atoms with Crippen LogP contribution in [0.25, 0.3) is 0 Å². The van der Waals surface area contributed by atoms with E-state index < -0.39 is 7.92 Å². The predicted molar refractivity (Wildman–Crippen MR) is 140 cm³/mol. The molecule has 2 aliphatic rings. The van der Waals surface area contributed by atoms with Crippen molar-refractivity contribution in [3.63, 3.8) is 0 Å². The normalized spacial score (nSPS) is 20.6. The van der Waals surface area contributed by atoms with Crippen LogP contribution in [0.1, 0.15) is 70.0 Å². The molecule has 2 saturated carbocycles. The van der Waals surface area contributed by atoms with E-state index in [1.807, 2.05) is 0 Å². The molecule has 1 nitrogen and oxygen atoms in total. The van der Waals surface area contributed by atoms with Crippen LogP contribution in [0, 0.1) is 11.8 Å². The molecule has 5 rings (SSSR count). The maximum absolute atomic E-state index is 11.3. The zero-order valence-corrected chi connectivity index (χ0v) is 21.7. The van der Waals surface area contributed by atoms with Gasteiger partial charge in [0.15, 0.2) is 0 Å². The molecule has 3 atom stereocenters. The molecule has 2 unspecified atom stereocenters. The Labute approximate surface area is 212 Å². The van der Waals surface area contributed by atoms with Gasteiger partial charge in [0.2, 0.25) is 0 Å². The smallest absolute Gasteiger partial charge is 0.0827 e. The minimum absolute atomic E-state index is 0. The van der Waals surface area contributed by atoms with Crippen LogP contribution in [0.2, 0.25) is 0 Å². The molecule has 0 radical (unpaired) electrons. The third-order valence-electron chi connectivity index (χ3n) is 7.11. The Balaban J connectivity index is 0.000000453. The largest absolute Gasteiger partial charge is 0.388 e. The maximum atomic E-state index is 11.3. The summed E-state index contributed by atoms with van der Waals surface area (Å²) >= 11 is 0. The van der Waals surface area contributed by atoms with E-state index >= 15 is 0 Å². The van der Waals surface area contributed by atoms with E-state index in [0.717, 1.165) is 12.0 Å². The van der Waals surface area contributed by atoms with E-state index in [9.17, 15) is 5.11 Å². The predicted octanol–water partition coefficient (Wildman–Crippen LogP) is 6.86. The van der Waals surface area contributed by atoms with E-state index in [2.05, 4.69) is 91.9 Å². The van der Waals surface area contributed by atoms with Crippen LogP contribution in [0.15, 0.2) is 84.9 Å². The summed E-state index contributed by atoms with van der Waals surface area (Å²) in [4.78, 5) is 0. The molecular formula is C30H37FeOP. The Morgan fingerprint density at radius 3 is 1.64 bits per heavy atom. The second kappa shape index (κ2) is 13.5. The fourth-order valence-electron chi connectivity index (χ4n) is 5.28. The molecule has 2 aliphatic carbocycles. The Kier molecular flexibility index (Phi) is 10.7. The van der Waals surface area contributed by atoms with Crippen LogP contribution < -0.4 is 15.9 Å². The summed E-state index contributed by atoms with van der Waals surface area (Å²) in [7, 11) is -0.688. The number of aliphatic hydroxyl groups is 1. The standard InChI is InChI=1S/C25H27OP.C5H10.Fe/c1-19-11-10-17-22(19)25(26)23-16-8-9-18-24(23)27(20-12-4-2-5-13-20)21-14-6-3-7-15-21;1-2-4-5-3-1;/h2-9,12-16,18-19,22,25-26H,10-11,17H2,1H3;1-5H2;/t19?,22?,25-;;/m1../s1. The molecule has 1 N–H and O–H groups in total. The number of benzene rings is 3. The first-order valence-corrected chi connectivity index (χ1v) is 13.8. The first kappa shape index (κ1) is 26.2. The number of aliphatic hydroxyl groups excluding tert-OH is 1. The van der Waals surface area contributed by atoms with Gasteiger partial charge >= 0.3 is 0 Å². The molecule has 0 amide bonds. The fraction of sp³-hybridized carbons (Fsp3) is 0.400. The van der Waals surface area contributed by atoms with Crippen molar-refractivity contribution in [1.82, 2.24) is 0 Å². The molecule has 3 aromatic carbocycles.